The van der Waals surface area contributed by atoms with E-state index in [9.17, 15) is 0 Å². The maximum absolute atomic E-state index is 5.36. The van der Waals surface area contributed by atoms with Gasteiger partial charge in [-0.3, -0.25) is 0 Å². The van der Waals surface area contributed by atoms with Crippen LogP contribution in [0, 0.1) is 0 Å². The van der Waals surface area contributed by atoms with Gasteiger partial charge in [-0.15, -0.1) is 11.8 Å². The first-order valence-corrected chi connectivity index (χ1v) is 7.00. The minimum atomic E-state index is 0.736. The van der Waals surface area contributed by atoms with E-state index in [-0.39, 0.29) is 0 Å². The van der Waals surface area contributed by atoms with Gasteiger partial charge in [-0.2, -0.15) is 0 Å². The third kappa shape index (κ3) is 3.31. The first-order valence-electron chi connectivity index (χ1n) is 5.77. The highest BCUT2D eigenvalue weighted by Gasteiger charge is 2.03. The predicted molar refractivity (Wildman–Crippen MR) is 74.0 cm³/mol. The van der Waals surface area contributed by atoms with Gasteiger partial charge in [0, 0.05) is 11.4 Å². The van der Waals surface area contributed by atoms with Crippen molar-refractivity contribution in [1.29, 1.82) is 0 Å². The minimum Gasteiger partial charge on any atom is -0.496 e. The van der Waals surface area contributed by atoms with Crippen LogP contribution >= 0.6 is 11.8 Å². The molecule has 2 rings (SSSR count). The fourth-order valence-corrected chi connectivity index (χ4v) is 2.28. The van der Waals surface area contributed by atoms with Gasteiger partial charge in [0.15, 0.2) is 0 Å². The Morgan fingerprint density at radius 2 is 2.17 bits per heavy atom. The van der Waals surface area contributed by atoms with Crippen LogP contribution in [0.1, 0.15) is 11.3 Å². The molecule has 1 heterocycles. The Hall–Kier alpha value is -1.39. The van der Waals surface area contributed by atoms with Crippen molar-refractivity contribution in [3.8, 4) is 5.75 Å². The van der Waals surface area contributed by atoms with Crippen LogP contribution in [0.3, 0.4) is 0 Å². The van der Waals surface area contributed by atoms with Crippen molar-refractivity contribution in [1.82, 2.24) is 5.32 Å². The number of nitrogens with one attached hydrogen (secondary N) is 1. The second kappa shape index (κ2) is 6.52. The van der Waals surface area contributed by atoms with E-state index in [4.69, 9.17) is 9.15 Å². The van der Waals surface area contributed by atoms with Crippen LogP contribution in [0.25, 0.3) is 0 Å². The van der Waals surface area contributed by atoms with Gasteiger partial charge >= 0.3 is 0 Å². The molecule has 1 aromatic heterocycles. The van der Waals surface area contributed by atoms with Crippen LogP contribution < -0.4 is 10.1 Å². The van der Waals surface area contributed by atoms with Crippen LogP contribution in [0.2, 0.25) is 0 Å². The summed E-state index contributed by atoms with van der Waals surface area (Å²) in [6.07, 6.45) is 3.74. The summed E-state index contributed by atoms with van der Waals surface area (Å²) in [5.41, 5.74) is 1.20. The highest BCUT2D eigenvalue weighted by molar-refractivity contribution is 7.98. The van der Waals surface area contributed by atoms with E-state index in [0.717, 1.165) is 29.5 Å². The topological polar surface area (TPSA) is 34.4 Å². The van der Waals surface area contributed by atoms with Crippen molar-refractivity contribution >= 4 is 11.8 Å². The smallest absolute Gasteiger partial charge is 0.132 e. The standard InChI is InChI=1S/C14H17NO2S/c1-16-13-8-11(5-6-14(13)18-2)9-15-10-12-4-3-7-17-12/h3-8,15H,9-10H2,1-2H3. The molecule has 3 nitrogen and oxygen atoms in total. The summed E-state index contributed by atoms with van der Waals surface area (Å²) >= 11 is 1.69. The Kier molecular flexibility index (Phi) is 4.73. The number of furan rings is 1. The minimum absolute atomic E-state index is 0.736. The van der Waals surface area contributed by atoms with Gasteiger partial charge in [-0.25, -0.2) is 0 Å². The van der Waals surface area contributed by atoms with Crippen LogP contribution in [-0.2, 0) is 13.1 Å². The highest BCUT2D eigenvalue weighted by atomic mass is 32.2. The molecule has 0 spiro atoms. The van der Waals surface area contributed by atoms with Gasteiger partial charge in [-0.1, -0.05) is 6.07 Å². The summed E-state index contributed by atoms with van der Waals surface area (Å²) in [5, 5.41) is 3.34. The van der Waals surface area contributed by atoms with E-state index in [1.54, 1.807) is 25.1 Å². The molecule has 1 N–H and O–H groups in total. The molecule has 0 saturated heterocycles. The van der Waals surface area contributed by atoms with E-state index >= 15 is 0 Å². The van der Waals surface area contributed by atoms with Gasteiger partial charge in [0.25, 0.3) is 0 Å². The lowest BCUT2D eigenvalue weighted by Gasteiger charge is -2.09. The van der Waals surface area contributed by atoms with E-state index in [1.807, 2.05) is 18.4 Å². The molecular formula is C14H17NO2S. The summed E-state index contributed by atoms with van der Waals surface area (Å²) in [4.78, 5) is 1.16. The van der Waals surface area contributed by atoms with E-state index < -0.39 is 0 Å². The molecule has 0 fully saturated rings. The molecular weight excluding hydrogens is 246 g/mol. The molecule has 18 heavy (non-hydrogen) atoms. The zero-order chi connectivity index (χ0) is 12.8. The van der Waals surface area contributed by atoms with Crippen molar-refractivity contribution in [3.05, 3.63) is 47.9 Å². The zero-order valence-corrected chi connectivity index (χ0v) is 11.4. The van der Waals surface area contributed by atoms with Crippen LogP contribution in [-0.4, -0.2) is 13.4 Å². The number of rotatable bonds is 6. The summed E-state index contributed by atoms with van der Waals surface area (Å²) in [5.74, 6) is 1.88. The van der Waals surface area contributed by atoms with Gasteiger partial charge in [-0.05, 0) is 36.1 Å². The molecule has 0 aliphatic carbocycles. The predicted octanol–water partition coefficient (Wildman–Crippen LogP) is 3.30. The van der Waals surface area contributed by atoms with Crippen molar-refractivity contribution in [3.63, 3.8) is 0 Å². The van der Waals surface area contributed by atoms with Gasteiger partial charge in [0.2, 0.25) is 0 Å². The third-order valence-corrected chi connectivity index (χ3v) is 3.43. The molecule has 0 amide bonds. The SMILES string of the molecule is COc1cc(CNCc2ccco2)ccc1SC. The van der Waals surface area contributed by atoms with Crippen LogP contribution in [0.15, 0.2) is 45.9 Å². The first-order chi connectivity index (χ1) is 8.83. The lowest BCUT2D eigenvalue weighted by molar-refractivity contribution is 0.404. The number of hydrogen-bond acceptors (Lipinski definition) is 4. The number of thioether (sulfide) groups is 1. The van der Waals surface area contributed by atoms with Gasteiger partial charge in [0.05, 0.1) is 19.9 Å². The molecule has 0 unspecified atom stereocenters. The van der Waals surface area contributed by atoms with Crippen molar-refractivity contribution in [2.75, 3.05) is 13.4 Å². The largest absolute Gasteiger partial charge is 0.496 e. The van der Waals surface area contributed by atoms with E-state index in [0.29, 0.717) is 0 Å². The summed E-state index contributed by atoms with van der Waals surface area (Å²) in [7, 11) is 1.70. The number of benzene rings is 1. The lowest BCUT2D eigenvalue weighted by atomic mass is 10.2. The normalized spacial score (nSPS) is 10.6. The fourth-order valence-electron chi connectivity index (χ4n) is 1.73. The second-order valence-electron chi connectivity index (χ2n) is 3.87. The lowest BCUT2D eigenvalue weighted by Crippen LogP contribution is -2.12. The quantitative estimate of drug-likeness (QED) is 0.811. The molecule has 1 aromatic carbocycles. The fraction of sp³-hybridized carbons (Fsp3) is 0.286. The average Bonchev–Trinajstić information content (AvgIpc) is 2.91. The van der Waals surface area contributed by atoms with E-state index in [2.05, 4.69) is 23.5 Å². The van der Waals surface area contributed by atoms with E-state index in [1.165, 1.54) is 5.56 Å². The van der Waals surface area contributed by atoms with Crippen molar-refractivity contribution < 1.29 is 9.15 Å². The number of ether oxygens (including phenoxy) is 1. The summed E-state index contributed by atoms with van der Waals surface area (Å²) in [6.45, 7) is 1.53. The second-order valence-corrected chi connectivity index (χ2v) is 4.72. The van der Waals surface area contributed by atoms with Crippen LogP contribution in [0.4, 0.5) is 0 Å². The Morgan fingerprint density at radius 3 is 2.83 bits per heavy atom. The first kappa shape index (κ1) is 13.1. The zero-order valence-electron chi connectivity index (χ0n) is 10.6. The maximum Gasteiger partial charge on any atom is 0.132 e. The van der Waals surface area contributed by atoms with Crippen molar-refractivity contribution in [2.45, 2.75) is 18.0 Å². The Balaban J connectivity index is 1.93. The van der Waals surface area contributed by atoms with Crippen molar-refractivity contribution in [2.24, 2.45) is 0 Å². The molecule has 0 saturated carbocycles. The summed E-state index contributed by atoms with van der Waals surface area (Å²) in [6, 6.07) is 10.1. The third-order valence-electron chi connectivity index (χ3n) is 2.66. The maximum atomic E-state index is 5.36. The molecule has 0 aliphatic heterocycles. The molecule has 0 bridgehead atoms. The highest BCUT2D eigenvalue weighted by Crippen LogP contribution is 2.28. The monoisotopic (exact) mass is 263 g/mol. The number of methoxy groups -OCH3 is 1. The molecule has 0 atom stereocenters. The molecule has 0 aliphatic rings. The molecule has 2 aromatic rings. The molecule has 0 radical (unpaired) electrons. The van der Waals surface area contributed by atoms with Crippen LogP contribution in [0.5, 0.6) is 5.75 Å². The van der Waals surface area contributed by atoms with Gasteiger partial charge < -0.3 is 14.5 Å². The number of hydrogen-bond donors (Lipinski definition) is 1. The average molecular weight is 263 g/mol. The summed E-state index contributed by atoms with van der Waals surface area (Å²) < 4.78 is 10.6. The molecule has 96 valence electrons. The Morgan fingerprint density at radius 1 is 1.28 bits per heavy atom. The Labute approximate surface area is 112 Å². The Bertz CT molecular complexity index is 483. The molecule has 4 heteroatoms. The van der Waals surface area contributed by atoms with Gasteiger partial charge in [0.1, 0.15) is 11.5 Å².